The van der Waals surface area contributed by atoms with E-state index in [-0.39, 0.29) is 0 Å². The van der Waals surface area contributed by atoms with E-state index >= 15 is 0 Å². The third-order valence-corrected chi connectivity index (χ3v) is 2.54. The molecule has 0 atom stereocenters. The maximum absolute atomic E-state index is 11.2. The Morgan fingerprint density at radius 3 is 2.82 bits per heavy atom. The summed E-state index contributed by atoms with van der Waals surface area (Å²) in [6.07, 6.45) is 0.758. The van der Waals surface area contributed by atoms with Gasteiger partial charge in [-0.2, -0.15) is 0 Å². The number of amides is 1. The molecule has 0 spiro atoms. The molecule has 0 saturated carbocycles. The van der Waals surface area contributed by atoms with Crippen LogP contribution >= 0.6 is 0 Å². The van der Waals surface area contributed by atoms with E-state index in [9.17, 15) is 4.79 Å². The predicted octanol–water partition coefficient (Wildman–Crippen LogP) is 0.537. The summed E-state index contributed by atoms with van der Waals surface area (Å²) >= 11 is 0. The summed E-state index contributed by atoms with van der Waals surface area (Å²) in [6, 6.07) is 3.34. The Labute approximate surface area is 98.4 Å². The molecular formula is C11H14N4O2. The van der Waals surface area contributed by atoms with Gasteiger partial charge in [0.25, 0.3) is 0 Å². The number of aryl methyl sites for hydroxylation is 1. The number of aromatic nitrogens is 3. The zero-order valence-corrected chi connectivity index (χ0v) is 9.80. The highest BCUT2D eigenvalue weighted by molar-refractivity contribution is 5.93. The first-order valence-electron chi connectivity index (χ1n) is 5.33. The highest BCUT2D eigenvalue weighted by atomic mass is 16.5. The van der Waals surface area contributed by atoms with Gasteiger partial charge in [0.2, 0.25) is 5.91 Å². The zero-order chi connectivity index (χ0) is 12.4. The number of pyridine rings is 1. The molecule has 6 nitrogen and oxygen atoms in total. The lowest BCUT2D eigenvalue weighted by atomic mass is 10.2. The van der Waals surface area contributed by atoms with E-state index in [1.54, 1.807) is 19.2 Å². The summed E-state index contributed by atoms with van der Waals surface area (Å²) in [4.78, 5) is 11.2. The van der Waals surface area contributed by atoms with E-state index in [0.29, 0.717) is 17.8 Å². The number of nitrogens with zero attached hydrogens (tertiary/aromatic N) is 3. The Hall–Kier alpha value is -1.95. The summed E-state index contributed by atoms with van der Waals surface area (Å²) < 4.78 is 7.00. The van der Waals surface area contributed by atoms with Gasteiger partial charge in [-0.1, -0.05) is 6.92 Å². The minimum Gasteiger partial charge on any atom is -0.378 e. The van der Waals surface area contributed by atoms with Gasteiger partial charge < -0.3 is 10.5 Å². The Bertz CT molecular complexity index is 562. The topological polar surface area (TPSA) is 82.5 Å². The number of hydrogen-bond donors (Lipinski definition) is 1. The van der Waals surface area contributed by atoms with Crippen molar-refractivity contribution in [3.8, 4) is 0 Å². The Balaban J connectivity index is 2.69. The average molecular weight is 234 g/mol. The van der Waals surface area contributed by atoms with Crippen LogP contribution in [0.25, 0.3) is 5.65 Å². The second kappa shape index (κ2) is 4.50. The highest BCUT2D eigenvalue weighted by Crippen LogP contribution is 2.13. The largest absolute Gasteiger partial charge is 0.378 e. The van der Waals surface area contributed by atoms with E-state index in [1.807, 2.05) is 11.3 Å². The van der Waals surface area contributed by atoms with E-state index in [4.69, 9.17) is 10.5 Å². The van der Waals surface area contributed by atoms with Gasteiger partial charge in [0.1, 0.15) is 5.82 Å². The van der Waals surface area contributed by atoms with Gasteiger partial charge in [0, 0.05) is 19.1 Å². The Kier molecular flexibility index (Phi) is 3.06. The predicted molar refractivity (Wildman–Crippen MR) is 61.6 cm³/mol. The lowest BCUT2D eigenvalue weighted by Crippen LogP contribution is -2.13. The van der Waals surface area contributed by atoms with Crippen molar-refractivity contribution in [3.05, 3.63) is 29.2 Å². The van der Waals surface area contributed by atoms with Crippen LogP contribution < -0.4 is 5.73 Å². The second-order valence-electron chi connectivity index (χ2n) is 3.70. The smallest absolute Gasteiger partial charge is 0.248 e. The number of ether oxygens (including phenoxy) is 1. The van der Waals surface area contributed by atoms with Crippen molar-refractivity contribution in [1.29, 1.82) is 0 Å². The van der Waals surface area contributed by atoms with Crippen molar-refractivity contribution in [1.82, 2.24) is 14.6 Å². The quantitative estimate of drug-likeness (QED) is 0.836. The molecule has 0 bridgehead atoms. The van der Waals surface area contributed by atoms with Crippen molar-refractivity contribution in [2.45, 2.75) is 20.0 Å². The molecule has 0 radical (unpaired) electrons. The van der Waals surface area contributed by atoms with Crippen LogP contribution in [0.1, 0.15) is 28.8 Å². The maximum atomic E-state index is 11.2. The van der Waals surface area contributed by atoms with Crippen molar-refractivity contribution in [2.75, 3.05) is 7.11 Å². The molecule has 2 aromatic heterocycles. The number of methoxy groups -OCH3 is 1. The molecule has 2 heterocycles. The molecule has 2 N–H and O–H groups in total. The molecule has 0 aliphatic carbocycles. The van der Waals surface area contributed by atoms with Crippen molar-refractivity contribution >= 4 is 11.6 Å². The van der Waals surface area contributed by atoms with Crippen LogP contribution in [-0.4, -0.2) is 27.6 Å². The monoisotopic (exact) mass is 234 g/mol. The van der Waals surface area contributed by atoms with E-state index < -0.39 is 5.91 Å². The molecule has 2 aromatic rings. The summed E-state index contributed by atoms with van der Waals surface area (Å²) in [5, 5.41) is 8.09. The molecule has 1 amide bonds. The Morgan fingerprint density at radius 1 is 1.47 bits per heavy atom. The minimum absolute atomic E-state index is 0.378. The van der Waals surface area contributed by atoms with Crippen molar-refractivity contribution in [2.24, 2.45) is 5.73 Å². The molecule has 0 unspecified atom stereocenters. The third kappa shape index (κ3) is 1.99. The van der Waals surface area contributed by atoms with Crippen LogP contribution in [0.2, 0.25) is 0 Å². The number of carbonyl (C=O) groups is 1. The number of rotatable bonds is 4. The fraction of sp³-hybridized carbons (Fsp3) is 0.364. The first kappa shape index (κ1) is 11.5. The van der Waals surface area contributed by atoms with Gasteiger partial charge in [-0.3, -0.25) is 9.20 Å². The molecule has 0 aliphatic rings. The van der Waals surface area contributed by atoms with Crippen LogP contribution in [0, 0.1) is 0 Å². The normalized spacial score (nSPS) is 10.9. The van der Waals surface area contributed by atoms with Crippen LogP contribution in [0.15, 0.2) is 12.1 Å². The lowest BCUT2D eigenvalue weighted by molar-refractivity contribution is 0.1000. The van der Waals surface area contributed by atoms with E-state index in [1.165, 1.54) is 0 Å². The molecule has 90 valence electrons. The van der Waals surface area contributed by atoms with Gasteiger partial charge in [0.05, 0.1) is 12.3 Å². The number of carbonyl (C=O) groups excluding carboxylic acids is 1. The SMILES string of the molecule is CCc1nnc2cc(C(N)=O)cc(COC)n12. The summed E-state index contributed by atoms with van der Waals surface area (Å²) in [5.74, 6) is 0.356. The molecule has 0 aliphatic heterocycles. The summed E-state index contributed by atoms with van der Waals surface area (Å²) in [5.41, 5.74) is 7.12. The molecule has 0 aromatic carbocycles. The number of hydrogen-bond acceptors (Lipinski definition) is 4. The maximum Gasteiger partial charge on any atom is 0.248 e. The number of primary amides is 1. The van der Waals surface area contributed by atoms with Gasteiger partial charge in [-0.05, 0) is 12.1 Å². The lowest BCUT2D eigenvalue weighted by Gasteiger charge is -2.07. The second-order valence-corrected chi connectivity index (χ2v) is 3.70. The molecular weight excluding hydrogens is 220 g/mol. The standard InChI is InChI=1S/C11H14N4O2/c1-3-9-13-14-10-5-7(11(12)16)4-8(6-17-2)15(9)10/h4-5H,3,6H2,1-2H3,(H2,12,16). The number of nitrogens with two attached hydrogens (primary N) is 1. The minimum atomic E-state index is -0.481. The Morgan fingerprint density at radius 2 is 2.24 bits per heavy atom. The average Bonchev–Trinajstić information content (AvgIpc) is 2.72. The van der Waals surface area contributed by atoms with Crippen LogP contribution in [0.5, 0.6) is 0 Å². The highest BCUT2D eigenvalue weighted by Gasteiger charge is 2.12. The van der Waals surface area contributed by atoms with Gasteiger partial charge in [0.15, 0.2) is 5.65 Å². The zero-order valence-electron chi connectivity index (χ0n) is 9.80. The molecule has 0 saturated heterocycles. The molecule has 2 rings (SSSR count). The third-order valence-electron chi connectivity index (χ3n) is 2.54. The fourth-order valence-corrected chi connectivity index (χ4v) is 1.79. The van der Waals surface area contributed by atoms with Crippen LogP contribution in [0.3, 0.4) is 0 Å². The van der Waals surface area contributed by atoms with E-state index in [2.05, 4.69) is 10.2 Å². The molecule has 6 heteroatoms. The molecule has 17 heavy (non-hydrogen) atoms. The van der Waals surface area contributed by atoms with Crippen molar-refractivity contribution in [3.63, 3.8) is 0 Å². The summed E-state index contributed by atoms with van der Waals surface area (Å²) in [6.45, 7) is 2.37. The number of fused-ring (bicyclic) bond motifs is 1. The van der Waals surface area contributed by atoms with Crippen LogP contribution in [-0.2, 0) is 17.8 Å². The van der Waals surface area contributed by atoms with E-state index in [0.717, 1.165) is 17.9 Å². The van der Waals surface area contributed by atoms with Crippen molar-refractivity contribution < 1.29 is 9.53 Å². The first-order chi connectivity index (χ1) is 8.17. The van der Waals surface area contributed by atoms with Gasteiger partial charge >= 0.3 is 0 Å². The summed E-state index contributed by atoms with van der Waals surface area (Å²) in [7, 11) is 1.60. The van der Waals surface area contributed by atoms with Gasteiger partial charge in [-0.15, -0.1) is 10.2 Å². The van der Waals surface area contributed by atoms with Gasteiger partial charge in [-0.25, -0.2) is 0 Å². The first-order valence-corrected chi connectivity index (χ1v) is 5.33. The fourth-order valence-electron chi connectivity index (χ4n) is 1.79. The molecule has 0 fully saturated rings. The van der Waals surface area contributed by atoms with Crippen LogP contribution in [0.4, 0.5) is 0 Å².